The van der Waals surface area contributed by atoms with Gasteiger partial charge in [0.25, 0.3) is 5.91 Å². The zero-order valence-electron chi connectivity index (χ0n) is 16.3. The van der Waals surface area contributed by atoms with E-state index in [-0.39, 0.29) is 34.4 Å². The van der Waals surface area contributed by atoms with E-state index < -0.39 is 24.4 Å². The Morgan fingerprint density at radius 3 is 2.42 bits per heavy atom. The molecule has 31 heavy (non-hydrogen) atoms. The number of Topliss-reactive ketones (excluding diaryl/α,β-unsaturated/α-hetero) is 1. The normalized spacial score (nSPS) is 15.8. The molecular formula is C22H18Cl2N2O5. The van der Waals surface area contributed by atoms with Gasteiger partial charge in [0.15, 0.2) is 12.4 Å². The molecule has 2 aromatic carbocycles. The molecule has 1 saturated heterocycles. The molecule has 2 amide bonds. The van der Waals surface area contributed by atoms with Crippen LogP contribution < -0.4 is 10.2 Å². The van der Waals surface area contributed by atoms with E-state index in [1.165, 1.54) is 42.5 Å². The minimum absolute atomic E-state index is 0.0489. The average molecular weight is 461 g/mol. The van der Waals surface area contributed by atoms with Gasteiger partial charge in [0.05, 0.1) is 33.8 Å². The second-order valence-electron chi connectivity index (χ2n) is 6.70. The number of hydrogen-bond donors (Lipinski definition) is 1. The van der Waals surface area contributed by atoms with Crippen LogP contribution in [0.3, 0.4) is 0 Å². The Balaban J connectivity index is 1.62. The second-order valence-corrected chi connectivity index (χ2v) is 7.51. The van der Waals surface area contributed by atoms with Crippen LogP contribution in [-0.4, -0.2) is 42.8 Å². The number of carbonyl (C=O) groups is 4. The fraction of sp³-hybridized carbons (Fsp3) is 0.182. The zero-order valence-corrected chi connectivity index (χ0v) is 17.8. The lowest BCUT2D eigenvalue weighted by atomic mass is 10.1. The third-order valence-corrected chi connectivity index (χ3v) is 5.33. The van der Waals surface area contributed by atoms with Crippen molar-refractivity contribution in [1.29, 1.82) is 0 Å². The molecule has 1 atom stereocenters. The number of carbonyl (C=O) groups excluding carboxylic acids is 4. The van der Waals surface area contributed by atoms with Crippen LogP contribution in [0.2, 0.25) is 10.0 Å². The highest BCUT2D eigenvalue weighted by Gasteiger charge is 2.39. The number of nitrogens with zero attached hydrogens (tertiary/aromatic N) is 1. The molecule has 1 aliphatic heterocycles. The summed E-state index contributed by atoms with van der Waals surface area (Å²) in [6.07, 6.45) is 1.65. The monoisotopic (exact) mass is 460 g/mol. The fourth-order valence-electron chi connectivity index (χ4n) is 3.00. The minimum Gasteiger partial charge on any atom is -0.454 e. The van der Waals surface area contributed by atoms with Crippen molar-refractivity contribution in [2.24, 2.45) is 0 Å². The van der Waals surface area contributed by atoms with Crippen LogP contribution in [0.15, 0.2) is 55.1 Å². The number of amides is 2. The third-order valence-electron chi connectivity index (χ3n) is 4.59. The van der Waals surface area contributed by atoms with Gasteiger partial charge in [-0.05, 0) is 42.5 Å². The lowest BCUT2D eigenvalue weighted by molar-refractivity contribution is -0.121. The number of imide groups is 1. The first kappa shape index (κ1) is 22.7. The van der Waals surface area contributed by atoms with Crippen molar-refractivity contribution >= 4 is 52.5 Å². The van der Waals surface area contributed by atoms with Crippen LogP contribution in [0.5, 0.6) is 0 Å². The highest BCUT2D eigenvalue weighted by molar-refractivity contribution is 6.42. The fourth-order valence-corrected chi connectivity index (χ4v) is 3.30. The molecule has 0 saturated carbocycles. The SMILES string of the molecule is C=CCNC1CC(=O)N(c2ccc(C(=O)OCC(=O)c3ccc(Cl)c(Cl)c3)cc2)C1=O. The number of benzene rings is 2. The van der Waals surface area contributed by atoms with E-state index in [2.05, 4.69) is 11.9 Å². The lowest BCUT2D eigenvalue weighted by Crippen LogP contribution is -2.38. The number of ether oxygens (including phenoxy) is 1. The lowest BCUT2D eigenvalue weighted by Gasteiger charge is -2.15. The molecule has 1 unspecified atom stereocenters. The molecule has 0 spiro atoms. The van der Waals surface area contributed by atoms with Crippen molar-refractivity contribution in [3.05, 3.63) is 76.3 Å². The molecule has 160 valence electrons. The Bertz CT molecular complexity index is 1050. The average Bonchev–Trinajstić information content (AvgIpc) is 3.05. The number of halogens is 2. The Hall–Kier alpha value is -3.00. The molecule has 2 aromatic rings. The van der Waals surface area contributed by atoms with Crippen molar-refractivity contribution in [3.8, 4) is 0 Å². The van der Waals surface area contributed by atoms with Gasteiger partial charge in [-0.3, -0.25) is 14.4 Å². The van der Waals surface area contributed by atoms with Crippen LogP contribution >= 0.6 is 23.2 Å². The molecule has 0 aromatic heterocycles. The number of anilines is 1. The first-order valence-corrected chi connectivity index (χ1v) is 10.0. The number of esters is 1. The maximum atomic E-state index is 12.5. The van der Waals surface area contributed by atoms with Gasteiger partial charge in [0, 0.05) is 12.1 Å². The first-order valence-electron chi connectivity index (χ1n) is 9.28. The Labute approximate surface area is 188 Å². The topological polar surface area (TPSA) is 92.8 Å². The standard InChI is InChI=1S/C22H18Cl2N2O5/c1-2-9-25-18-11-20(28)26(21(18)29)15-6-3-13(4-7-15)22(30)31-12-19(27)14-5-8-16(23)17(24)10-14/h2-8,10,18,25H,1,9,11-12H2. The van der Waals surface area contributed by atoms with Crippen molar-refractivity contribution in [3.63, 3.8) is 0 Å². The molecule has 0 radical (unpaired) electrons. The van der Waals surface area contributed by atoms with Gasteiger partial charge in [-0.15, -0.1) is 6.58 Å². The largest absolute Gasteiger partial charge is 0.454 e. The zero-order chi connectivity index (χ0) is 22.5. The summed E-state index contributed by atoms with van der Waals surface area (Å²) in [4.78, 5) is 50.2. The maximum absolute atomic E-state index is 12.5. The van der Waals surface area contributed by atoms with Crippen LogP contribution in [0, 0.1) is 0 Å². The third kappa shape index (κ3) is 5.19. The smallest absolute Gasteiger partial charge is 0.338 e. The predicted octanol–water partition coefficient (Wildman–Crippen LogP) is 3.44. The number of nitrogens with one attached hydrogen (secondary N) is 1. The summed E-state index contributed by atoms with van der Waals surface area (Å²) in [6.45, 7) is 3.50. The van der Waals surface area contributed by atoms with E-state index >= 15 is 0 Å². The molecule has 1 N–H and O–H groups in total. The predicted molar refractivity (Wildman–Crippen MR) is 117 cm³/mol. The maximum Gasteiger partial charge on any atom is 0.338 e. The summed E-state index contributed by atoms with van der Waals surface area (Å²) in [5.74, 6) is -1.86. The summed E-state index contributed by atoms with van der Waals surface area (Å²) < 4.78 is 5.05. The molecule has 7 nitrogen and oxygen atoms in total. The van der Waals surface area contributed by atoms with Gasteiger partial charge in [-0.25, -0.2) is 9.69 Å². The number of ketones is 1. The molecule has 1 aliphatic rings. The van der Waals surface area contributed by atoms with E-state index in [1.54, 1.807) is 6.08 Å². The van der Waals surface area contributed by atoms with Crippen LogP contribution in [0.25, 0.3) is 0 Å². The van der Waals surface area contributed by atoms with Crippen LogP contribution in [0.1, 0.15) is 27.1 Å². The van der Waals surface area contributed by atoms with E-state index in [0.29, 0.717) is 17.3 Å². The van der Waals surface area contributed by atoms with Gasteiger partial charge < -0.3 is 10.1 Å². The summed E-state index contributed by atoms with van der Waals surface area (Å²) >= 11 is 11.7. The highest BCUT2D eigenvalue weighted by atomic mass is 35.5. The minimum atomic E-state index is -0.718. The molecule has 0 aliphatic carbocycles. The summed E-state index contributed by atoms with van der Waals surface area (Å²) in [6, 6.07) is 9.56. The summed E-state index contributed by atoms with van der Waals surface area (Å²) in [5, 5.41) is 3.47. The van der Waals surface area contributed by atoms with Gasteiger partial charge in [-0.1, -0.05) is 29.3 Å². The van der Waals surface area contributed by atoms with E-state index in [9.17, 15) is 19.2 Å². The number of rotatable bonds is 8. The molecule has 1 fully saturated rings. The first-order chi connectivity index (χ1) is 14.8. The molecule has 9 heteroatoms. The van der Waals surface area contributed by atoms with E-state index in [1.807, 2.05) is 0 Å². The Morgan fingerprint density at radius 2 is 1.77 bits per heavy atom. The van der Waals surface area contributed by atoms with Gasteiger partial charge >= 0.3 is 5.97 Å². The van der Waals surface area contributed by atoms with Crippen molar-refractivity contribution in [1.82, 2.24) is 5.32 Å². The van der Waals surface area contributed by atoms with Crippen molar-refractivity contribution < 1.29 is 23.9 Å². The molecule has 3 rings (SSSR count). The highest BCUT2D eigenvalue weighted by Crippen LogP contribution is 2.24. The molecule has 0 bridgehead atoms. The van der Waals surface area contributed by atoms with E-state index in [0.717, 1.165) is 4.90 Å². The summed E-state index contributed by atoms with van der Waals surface area (Å²) in [5.41, 5.74) is 0.788. The van der Waals surface area contributed by atoms with Crippen LogP contribution in [0.4, 0.5) is 5.69 Å². The van der Waals surface area contributed by atoms with E-state index in [4.69, 9.17) is 27.9 Å². The summed E-state index contributed by atoms with van der Waals surface area (Å²) in [7, 11) is 0. The van der Waals surface area contributed by atoms with Gasteiger partial charge in [0.2, 0.25) is 5.91 Å². The quantitative estimate of drug-likeness (QED) is 0.280. The Morgan fingerprint density at radius 1 is 1.10 bits per heavy atom. The van der Waals surface area contributed by atoms with Gasteiger partial charge in [0.1, 0.15) is 0 Å². The molecular weight excluding hydrogens is 443 g/mol. The Kier molecular flexibility index (Phi) is 7.22. The van der Waals surface area contributed by atoms with Gasteiger partial charge in [-0.2, -0.15) is 0 Å². The van der Waals surface area contributed by atoms with Crippen LogP contribution in [-0.2, 0) is 14.3 Å². The van der Waals surface area contributed by atoms with Crippen molar-refractivity contribution in [2.75, 3.05) is 18.1 Å². The number of hydrogen-bond acceptors (Lipinski definition) is 6. The second kappa shape index (κ2) is 9.87. The molecule has 1 heterocycles. The van der Waals surface area contributed by atoms with Crippen molar-refractivity contribution in [2.45, 2.75) is 12.5 Å².